The van der Waals surface area contributed by atoms with Gasteiger partial charge in [0.25, 0.3) is 0 Å². The number of hydrogen-bond donors (Lipinski definition) is 1. The van der Waals surface area contributed by atoms with Crippen LogP contribution in [-0.4, -0.2) is 12.5 Å². The van der Waals surface area contributed by atoms with Crippen LogP contribution in [0.5, 0.6) is 5.75 Å². The van der Waals surface area contributed by atoms with Crippen molar-refractivity contribution < 1.29 is 18.3 Å². The van der Waals surface area contributed by atoms with Crippen molar-refractivity contribution in [2.24, 2.45) is 0 Å². The zero-order valence-corrected chi connectivity index (χ0v) is 10.3. The number of nitrogens with one attached hydrogen (secondary N) is 1. The minimum Gasteiger partial charge on any atom is -0.432 e. The Morgan fingerprint density at radius 1 is 1.41 bits per heavy atom. The maximum Gasteiger partial charge on any atom is 0.387 e. The molecule has 1 N–H and O–H groups in total. The van der Waals surface area contributed by atoms with Crippen LogP contribution < -0.4 is 10.1 Å². The molecule has 0 aliphatic carbocycles. The average Bonchev–Trinajstić information content (AvgIpc) is 2.23. The molecule has 0 unspecified atom stereocenters. The normalized spacial score (nSPS) is 10.5. The van der Waals surface area contributed by atoms with Crippen LogP contribution in [0, 0.1) is 0 Å². The molecule has 0 bridgehead atoms. The molecule has 0 radical (unpaired) electrons. The molecule has 1 aromatic rings. The van der Waals surface area contributed by atoms with Gasteiger partial charge < -0.3 is 10.1 Å². The maximum absolute atomic E-state index is 12.0. The van der Waals surface area contributed by atoms with Gasteiger partial charge in [0.15, 0.2) is 5.75 Å². The van der Waals surface area contributed by atoms with E-state index in [4.69, 9.17) is 23.2 Å². The quantitative estimate of drug-likeness (QED) is 0.909. The molecule has 1 rings (SSSR count). The van der Waals surface area contributed by atoms with Crippen LogP contribution in [0.15, 0.2) is 12.1 Å². The summed E-state index contributed by atoms with van der Waals surface area (Å²) in [5, 5.41) is 2.32. The first kappa shape index (κ1) is 14.0. The predicted molar refractivity (Wildman–Crippen MR) is 62.0 cm³/mol. The number of halogens is 4. The minimum atomic E-state index is -3.01. The third-order valence-electron chi connectivity index (χ3n) is 1.81. The predicted octanol–water partition coefficient (Wildman–Crippen LogP) is 3.94. The van der Waals surface area contributed by atoms with Crippen LogP contribution in [0.3, 0.4) is 0 Å². The van der Waals surface area contributed by atoms with Crippen molar-refractivity contribution in [1.29, 1.82) is 0 Å². The first-order valence-corrected chi connectivity index (χ1v) is 5.43. The molecule has 1 aromatic carbocycles. The van der Waals surface area contributed by atoms with Crippen molar-refractivity contribution in [3.05, 3.63) is 22.2 Å². The Labute approximate surface area is 107 Å². The topological polar surface area (TPSA) is 38.3 Å². The summed E-state index contributed by atoms with van der Waals surface area (Å²) in [6.45, 7) is -1.34. The van der Waals surface area contributed by atoms with Gasteiger partial charge in [0.05, 0.1) is 10.0 Å². The Bertz CT molecular complexity index is 404. The Balaban J connectivity index is 2.96. The van der Waals surface area contributed by atoms with Gasteiger partial charge in [-0.1, -0.05) is 30.1 Å². The summed E-state index contributed by atoms with van der Waals surface area (Å²) >= 11 is 11.4. The highest BCUT2D eigenvalue weighted by atomic mass is 35.5. The van der Waals surface area contributed by atoms with Crippen LogP contribution in [0.1, 0.15) is 13.3 Å². The van der Waals surface area contributed by atoms with Crippen molar-refractivity contribution in [3.8, 4) is 5.75 Å². The van der Waals surface area contributed by atoms with E-state index in [1.54, 1.807) is 6.92 Å². The van der Waals surface area contributed by atoms with Crippen LogP contribution in [0.2, 0.25) is 10.0 Å². The summed E-state index contributed by atoms with van der Waals surface area (Å²) < 4.78 is 28.2. The number of carbonyl (C=O) groups is 1. The summed E-state index contributed by atoms with van der Waals surface area (Å²) in [5.74, 6) is -0.544. The largest absolute Gasteiger partial charge is 0.432 e. The fourth-order valence-corrected chi connectivity index (χ4v) is 1.66. The second kappa shape index (κ2) is 6.02. The zero-order valence-electron chi connectivity index (χ0n) is 8.77. The molecule has 1 amide bonds. The lowest BCUT2D eigenvalue weighted by molar-refractivity contribution is -0.115. The van der Waals surface area contributed by atoms with Gasteiger partial charge in [0, 0.05) is 12.1 Å². The van der Waals surface area contributed by atoms with Gasteiger partial charge in [-0.2, -0.15) is 8.78 Å². The van der Waals surface area contributed by atoms with E-state index in [-0.39, 0.29) is 28.1 Å². The van der Waals surface area contributed by atoms with E-state index in [1.807, 2.05) is 0 Å². The lowest BCUT2D eigenvalue weighted by atomic mass is 10.3. The molecule has 0 heterocycles. The highest BCUT2D eigenvalue weighted by molar-refractivity contribution is 6.37. The van der Waals surface area contributed by atoms with Gasteiger partial charge in [-0.05, 0) is 12.1 Å². The Morgan fingerprint density at radius 3 is 2.35 bits per heavy atom. The zero-order chi connectivity index (χ0) is 13.0. The minimum absolute atomic E-state index is 0.0933. The number of carbonyl (C=O) groups excluding carboxylic acids is 1. The summed E-state index contributed by atoms with van der Waals surface area (Å²) in [5.41, 5.74) is 0.327. The van der Waals surface area contributed by atoms with Gasteiger partial charge in [-0.15, -0.1) is 0 Å². The summed E-state index contributed by atoms with van der Waals surface area (Å²) in [4.78, 5) is 11.1. The number of anilines is 1. The molecule has 94 valence electrons. The van der Waals surface area contributed by atoms with E-state index in [2.05, 4.69) is 10.1 Å². The van der Waals surface area contributed by atoms with Gasteiger partial charge in [0.2, 0.25) is 5.91 Å². The first-order valence-electron chi connectivity index (χ1n) is 4.67. The van der Waals surface area contributed by atoms with E-state index in [9.17, 15) is 13.6 Å². The van der Waals surface area contributed by atoms with E-state index >= 15 is 0 Å². The second-order valence-corrected chi connectivity index (χ2v) is 3.86. The molecule has 17 heavy (non-hydrogen) atoms. The third-order valence-corrected chi connectivity index (χ3v) is 2.37. The molecule has 0 aliphatic heterocycles. The molecular weight excluding hydrogens is 275 g/mol. The van der Waals surface area contributed by atoms with E-state index in [0.29, 0.717) is 5.69 Å². The number of amides is 1. The van der Waals surface area contributed by atoms with Crippen LogP contribution in [0.25, 0.3) is 0 Å². The van der Waals surface area contributed by atoms with Crippen LogP contribution >= 0.6 is 23.2 Å². The summed E-state index contributed by atoms with van der Waals surface area (Å²) in [7, 11) is 0. The van der Waals surface area contributed by atoms with Crippen LogP contribution in [0.4, 0.5) is 14.5 Å². The van der Waals surface area contributed by atoms with Crippen molar-refractivity contribution in [3.63, 3.8) is 0 Å². The Kier molecular flexibility index (Phi) is 4.96. The van der Waals surface area contributed by atoms with Gasteiger partial charge in [-0.25, -0.2) is 0 Å². The molecule has 3 nitrogen and oxygen atoms in total. The Morgan fingerprint density at radius 2 is 1.94 bits per heavy atom. The highest BCUT2D eigenvalue weighted by Gasteiger charge is 2.14. The van der Waals surface area contributed by atoms with Gasteiger partial charge in [0.1, 0.15) is 0 Å². The molecular formula is C10H9Cl2F2NO2. The smallest absolute Gasteiger partial charge is 0.387 e. The van der Waals surface area contributed by atoms with Crippen molar-refractivity contribution in [2.45, 2.75) is 20.0 Å². The molecule has 0 aromatic heterocycles. The monoisotopic (exact) mass is 283 g/mol. The van der Waals surface area contributed by atoms with Gasteiger partial charge >= 0.3 is 6.61 Å². The van der Waals surface area contributed by atoms with Crippen molar-refractivity contribution >= 4 is 34.8 Å². The fraction of sp³-hybridized carbons (Fsp3) is 0.300. The molecule has 0 atom stereocenters. The molecule has 0 fully saturated rings. The third kappa shape index (κ3) is 4.02. The molecule has 7 heteroatoms. The molecule has 0 spiro atoms. The second-order valence-electron chi connectivity index (χ2n) is 3.05. The van der Waals surface area contributed by atoms with E-state index in [1.165, 1.54) is 12.1 Å². The molecule has 0 saturated heterocycles. The number of ether oxygens (including phenoxy) is 1. The fourth-order valence-electron chi connectivity index (χ4n) is 1.08. The lowest BCUT2D eigenvalue weighted by Gasteiger charge is -2.11. The highest BCUT2D eigenvalue weighted by Crippen LogP contribution is 2.36. The van der Waals surface area contributed by atoms with Crippen LogP contribution in [-0.2, 0) is 4.79 Å². The molecule has 0 saturated carbocycles. The first-order chi connectivity index (χ1) is 7.93. The standard InChI is InChI=1S/C10H9Cl2F2NO2/c1-2-8(16)15-5-3-6(11)9(7(12)4-5)17-10(13)14/h3-4,10H,2H2,1H3,(H,15,16). The summed E-state index contributed by atoms with van der Waals surface area (Å²) in [6, 6.07) is 2.58. The molecule has 0 aliphatic rings. The maximum atomic E-state index is 12.0. The number of hydrogen-bond acceptors (Lipinski definition) is 2. The SMILES string of the molecule is CCC(=O)Nc1cc(Cl)c(OC(F)F)c(Cl)c1. The lowest BCUT2D eigenvalue weighted by Crippen LogP contribution is -2.10. The summed E-state index contributed by atoms with van der Waals surface area (Å²) in [6.07, 6.45) is 0.282. The van der Waals surface area contributed by atoms with Crippen molar-refractivity contribution in [1.82, 2.24) is 0 Å². The Hall–Kier alpha value is -1.07. The van der Waals surface area contributed by atoms with E-state index in [0.717, 1.165) is 0 Å². The van der Waals surface area contributed by atoms with E-state index < -0.39 is 6.61 Å². The number of alkyl halides is 2. The van der Waals surface area contributed by atoms with Crippen molar-refractivity contribution in [2.75, 3.05) is 5.32 Å². The average molecular weight is 284 g/mol. The number of rotatable bonds is 4. The van der Waals surface area contributed by atoms with Gasteiger partial charge in [-0.3, -0.25) is 4.79 Å². The number of benzene rings is 1.